The number of nitrogens with two attached hydrogens (primary N) is 1. The molecule has 2 N–H and O–H groups in total. The first kappa shape index (κ1) is 17.6. The van der Waals surface area contributed by atoms with Crippen molar-refractivity contribution in [2.24, 2.45) is 5.73 Å². The van der Waals surface area contributed by atoms with Crippen molar-refractivity contribution in [3.8, 4) is 0 Å². The predicted molar refractivity (Wildman–Crippen MR) is 74.3 cm³/mol. The Bertz CT molecular complexity index is 328. The maximum Gasteiger partial charge on any atom is 0.223 e. The normalized spacial score (nSPS) is 17.0. The van der Waals surface area contributed by atoms with Gasteiger partial charge in [0.15, 0.2) is 5.82 Å². The van der Waals surface area contributed by atoms with Crippen molar-refractivity contribution in [1.82, 2.24) is 19.9 Å². The van der Waals surface area contributed by atoms with E-state index in [-0.39, 0.29) is 24.8 Å². The highest BCUT2D eigenvalue weighted by molar-refractivity contribution is 5.85. The van der Waals surface area contributed by atoms with Gasteiger partial charge in [-0.1, -0.05) is 5.16 Å². The molecule has 1 aromatic heterocycles. The van der Waals surface area contributed by atoms with Gasteiger partial charge in [-0.15, -0.1) is 24.8 Å². The van der Waals surface area contributed by atoms with Gasteiger partial charge in [0.25, 0.3) is 0 Å². The summed E-state index contributed by atoms with van der Waals surface area (Å²) in [6, 6.07) is 0. The molecule has 1 saturated heterocycles. The Morgan fingerprint density at radius 3 is 2.28 bits per heavy atom. The van der Waals surface area contributed by atoms with Crippen LogP contribution in [0.3, 0.4) is 0 Å². The van der Waals surface area contributed by atoms with Gasteiger partial charge in [0.05, 0.1) is 6.54 Å². The first-order chi connectivity index (χ1) is 7.78. The highest BCUT2D eigenvalue weighted by atomic mass is 35.5. The lowest BCUT2D eigenvalue weighted by atomic mass is 10.3. The summed E-state index contributed by atoms with van der Waals surface area (Å²) in [4.78, 5) is 8.94. The lowest BCUT2D eigenvalue weighted by Gasteiger charge is -2.33. The second kappa shape index (κ2) is 8.66. The minimum atomic E-state index is 0. The summed E-state index contributed by atoms with van der Waals surface area (Å²) in [7, 11) is 0. The van der Waals surface area contributed by atoms with Crippen molar-refractivity contribution in [1.29, 1.82) is 0 Å². The van der Waals surface area contributed by atoms with Gasteiger partial charge in [0.1, 0.15) is 0 Å². The van der Waals surface area contributed by atoms with E-state index in [1.54, 1.807) is 0 Å². The van der Waals surface area contributed by atoms with Gasteiger partial charge in [-0.3, -0.25) is 9.80 Å². The number of nitrogens with zero attached hydrogens (tertiary/aromatic N) is 4. The maximum atomic E-state index is 5.53. The zero-order chi connectivity index (χ0) is 11.4. The second-order valence-corrected chi connectivity index (χ2v) is 4.14. The molecule has 1 aromatic rings. The Morgan fingerprint density at radius 1 is 1.17 bits per heavy atom. The highest BCUT2D eigenvalue weighted by Gasteiger charge is 2.17. The van der Waals surface area contributed by atoms with Crippen LogP contribution >= 0.6 is 24.8 Å². The number of halogens is 2. The minimum Gasteiger partial charge on any atom is -0.340 e. The molecule has 0 radical (unpaired) electrons. The van der Waals surface area contributed by atoms with Crippen LogP contribution in [0.5, 0.6) is 0 Å². The molecular weight excluding hydrogens is 277 g/mol. The van der Waals surface area contributed by atoms with E-state index in [0.717, 1.165) is 51.6 Å². The molecule has 1 fully saturated rings. The average Bonchev–Trinajstić information content (AvgIpc) is 2.67. The molecule has 0 amide bonds. The molecule has 6 nitrogen and oxygen atoms in total. The van der Waals surface area contributed by atoms with E-state index in [4.69, 9.17) is 10.3 Å². The molecule has 0 unspecified atom stereocenters. The van der Waals surface area contributed by atoms with Crippen LogP contribution in [0.2, 0.25) is 0 Å². The van der Waals surface area contributed by atoms with Crippen LogP contribution in [-0.2, 0) is 6.54 Å². The molecule has 106 valence electrons. The Labute approximate surface area is 120 Å². The lowest BCUT2D eigenvalue weighted by molar-refractivity contribution is 0.126. The molecule has 8 heteroatoms. The third-order valence-electron chi connectivity index (χ3n) is 2.84. The van der Waals surface area contributed by atoms with Crippen LogP contribution in [-0.4, -0.2) is 59.2 Å². The standard InChI is InChI=1S/C10H19N5O.2ClH/c1-9-12-10(13-16-9)8-15-6-4-14(3-2-11)5-7-15;;/h2-8,11H2,1H3;2*1H. The van der Waals surface area contributed by atoms with Gasteiger partial charge in [-0.2, -0.15) is 4.98 Å². The summed E-state index contributed by atoms with van der Waals surface area (Å²) < 4.78 is 4.95. The van der Waals surface area contributed by atoms with E-state index in [9.17, 15) is 0 Å². The monoisotopic (exact) mass is 297 g/mol. The summed E-state index contributed by atoms with van der Waals surface area (Å²) in [5.74, 6) is 1.42. The number of aromatic nitrogens is 2. The number of aryl methyl sites for hydroxylation is 1. The van der Waals surface area contributed by atoms with Gasteiger partial charge in [-0.25, -0.2) is 0 Å². The molecule has 18 heavy (non-hydrogen) atoms. The third-order valence-corrected chi connectivity index (χ3v) is 2.84. The molecule has 0 bridgehead atoms. The summed E-state index contributed by atoms with van der Waals surface area (Å²) in [5.41, 5.74) is 5.53. The van der Waals surface area contributed by atoms with Crippen LogP contribution in [0.25, 0.3) is 0 Å². The first-order valence-electron chi connectivity index (χ1n) is 5.72. The van der Waals surface area contributed by atoms with Crippen LogP contribution in [0.15, 0.2) is 4.52 Å². The van der Waals surface area contributed by atoms with E-state index < -0.39 is 0 Å². The first-order valence-corrected chi connectivity index (χ1v) is 5.72. The smallest absolute Gasteiger partial charge is 0.223 e. The Balaban J connectivity index is 0.00000144. The van der Waals surface area contributed by atoms with Crippen LogP contribution < -0.4 is 5.73 Å². The lowest BCUT2D eigenvalue weighted by Crippen LogP contribution is -2.47. The fourth-order valence-corrected chi connectivity index (χ4v) is 1.96. The van der Waals surface area contributed by atoms with E-state index in [1.807, 2.05) is 6.92 Å². The fourth-order valence-electron chi connectivity index (χ4n) is 1.96. The summed E-state index contributed by atoms with van der Waals surface area (Å²) in [6.07, 6.45) is 0. The zero-order valence-corrected chi connectivity index (χ0v) is 12.2. The molecule has 0 spiro atoms. The van der Waals surface area contributed by atoms with Crippen molar-refractivity contribution in [3.05, 3.63) is 11.7 Å². The van der Waals surface area contributed by atoms with Gasteiger partial charge in [0.2, 0.25) is 5.89 Å². The molecule has 1 aliphatic rings. The molecule has 0 aromatic carbocycles. The Kier molecular flexibility index (Phi) is 8.47. The molecule has 0 saturated carbocycles. The summed E-state index contributed by atoms with van der Waals surface area (Å²) in [5, 5.41) is 3.90. The van der Waals surface area contributed by atoms with Crippen molar-refractivity contribution >= 4 is 24.8 Å². The third kappa shape index (κ3) is 5.07. The van der Waals surface area contributed by atoms with Crippen molar-refractivity contribution in [3.63, 3.8) is 0 Å². The average molecular weight is 298 g/mol. The maximum absolute atomic E-state index is 5.53. The molecule has 0 atom stereocenters. The van der Waals surface area contributed by atoms with Gasteiger partial charge in [-0.05, 0) is 0 Å². The quantitative estimate of drug-likeness (QED) is 0.862. The topological polar surface area (TPSA) is 71.4 Å². The summed E-state index contributed by atoms with van der Waals surface area (Å²) >= 11 is 0. The minimum absolute atomic E-state index is 0. The molecule has 2 heterocycles. The molecule has 1 aliphatic heterocycles. The van der Waals surface area contributed by atoms with Crippen LogP contribution in [0.4, 0.5) is 0 Å². The Morgan fingerprint density at radius 2 is 1.78 bits per heavy atom. The predicted octanol–water partition coefficient (Wildman–Crippen LogP) is 0.298. The molecular formula is C10H21Cl2N5O. The number of hydrogen-bond donors (Lipinski definition) is 1. The zero-order valence-electron chi connectivity index (χ0n) is 10.5. The van der Waals surface area contributed by atoms with Gasteiger partial charge in [0, 0.05) is 46.2 Å². The van der Waals surface area contributed by atoms with Crippen LogP contribution in [0, 0.1) is 6.92 Å². The fraction of sp³-hybridized carbons (Fsp3) is 0.800. The van der Waals surface area contributed by atoms with Crippen molar-refractivity contribution in [2.45, 2.75) is 13.5 Å². The van der Waals surface area contributed by atoms with E-state index in [2.05, 4.69) is 19.9 Å². The van der Waals surface area contributed by atoms with Crippen LogP contribution in [0.1, 0.15) is 11.7 Å². The summed E-state index contributed by atoms with van der Waals surface area (Å²) in [6.45, 7) is 8.59. The van der Waals surface area contributed by atoms with Gasteiger partial charge < -0.3 is 10.3 Å². The Hall–Kier alpha value is -0.400. The SMILES string of the molecule is Cc1nc(CN2CCN(CCN)CC2)no1.Cl.Cl. The second-order valence-electron chi connectivity index (χ2n) is 4.14. The van der Waals surface area contributed by atoms with E-state index in [0.29, 0.717) is 5.89 Å². The number of hydrogen-bond acceptors (Lipinski definition) is 6. The largest absolute Gasteiger partial charge is 0.340 e. The van der Waals surface area contributed by atoms with Gasteiger partial charge >= 0.3 is 0 Å². The van der Waals surface area contributed by atoms with Crippen molar-refractivity contribution in [2.75, 3.05) is 39.3 Å². The molecule has 0 aliphatic carbocycles. The molecule has 2 rings (SSSR count). The van der Waals surface area contributed by atoms with E-state index >= 15 is 0 Å². The van der Waals surface area contributed by atoms with E-state index in [1.165, 1.54) is 0 Å². The number of piperazine rings is 1. The number of rotatable bonds is 4. The highest BCUT2D eigenvalue weighted by Crippen LogP contribution is 2.05. The van der Waals surface area contributed by atoms with Crippen molar-refractivity contribution < 1.29 is 4.52 Å².